The van der Waals surface area contributed by atoms with Gasteiger partial charge in [0.1, 0.15) is 11.5 Å². The summed E-state index contributed by atoms with van der Waals surface area (Å²) >= 11 is 0. The molecule has 0 aliphatic rings. The molecule has 0 atom stereocenters. The van der Waals surface area contributed by atoms with E-state index in [1.165, 1.54) is 0 Å². The minimum Gasteiger partial charge on any atom is -0.463 e. The van der Waals surface area contributed by atoms with Crippen molar-refractivity contribution in [2.75, 3.05) is 6.61 Å². The van der Waals surface area contributed by atoms with Gasteiger partial charge in [-0.1, -0.05) is 6.92 Å². The molecular weight excluding hydrogens is 192 g/mol. The fraction of sp³-hybridized carbons (Fsp3) is 0.417. The first-order valence-electron chi connectivity index (χ1n) is 5.11. The molecule has 1 heterocycles. The number of aryl methyl sites for hydroxylation is 1. The molecule has 1 aromatic rings. The van der Waals surface area contributed by atoms with Gasteiger partial charge < -0.3 is 9.15 Å². The van der Waals surface area contributed by atoms with Crippen LogP contribution in [0.3, 0.4) is 0 Å². The Kier molecular flexibility index (Phi) is 4.16. The molecule has 0 saturated carbocycles. The number of carbonyl (C=O) groups excluding carboxylic acids is 1. The normalized spacial score (nSPS) is 11.5. The van der Waals surface area contributed by atoms with Crippen molar-refractivity contribution in [2.45, 2.75) is 27.2 Å². The van der Waals surface area contributed by atoms with Gasteiger partial charge in [-0.15, -0.1) is 0 Å². The van der Waals surface area contributed by atoms with Crippen molar-refractivity contribution >= 4 is 12.0 Å². The SMILES string of the molecule is CCOC(=O)/C(C)=C/c1ccc(CC)o1. The number of furan rings is 1. The highest BCUT2D eigenvalue weighted by atomic mass is 16.5. The first-order chi connectivity index (χ1) is 7.17. The summed E-state index contributed by atoms with van der Waals surface area (Å²) in [5.41, 5.74) is 0.550. The highest BCUT2D eigenvalue weighted by molar-refractivity contribution is 5.92. The molecule has 0 N–H and O–H groups in total. The van der Waals surface area contributed by atoms with Crippen LogP contribution in [0.4, 0.5) is 0 Å². The van der Waals surface area contributed by atoms with Crippen molar-refractivity contribution in [3.8, 4) is 0 Å². The Bertz CT molecular complexity index is 361. The summed E-state index contributed by atoms with van der Waals surface area (Å²) in [7, 11) is 0. The van der Waals surface area contributed by atoms with Crippen molar-refractivity contribution in [1.82, 2.24) is 0 Å². The topological polar surface area (TPSA) is 39.4 Å². The predicted molar refractivity (Wildman–Crippen MR) is 58.4 cm³/mol. The molecule has 0 radical (unpaired) electrons. The fourth-order valence-corrected chi connectivity index (χ4v) is 1.18. The number of esters is 1. The molecule has 0 fully saturated rings. The van der Waals surface area contributed by atoms with Gasteiger partial charge >= 0.3 is 5.97 Å². The van der Waals surface area contributed by atoms with Gasteiger partial charge in [-0.2, -0.15) is 0 Å². The summed E-state index contributed by atoms with van der Waals surface area (Å²) in [4.78, 5) is 11.3. The standard InChI is InChI=1S/C12H16O3/c1-4-10-6-7-11(15-10)8-9(3)12(13)14-5-2/h6-8H,4-5H2,1-3H3/b9-8+. The van der Waals surface area contributed by atoms with Gasteiger partial charge in [0.2, 0.25) is 0 Å². The third-order valence-electron chi connectivity index (χ3n) is 1.99. The van der Waals surface area contributed by atoms with E-state index in [-0.39, 0.29) is 5.97 Å². The lowest BCUT2D eigenvalue weighted by Gasteiger charge is -1.99. The summed E-state index contributed by atoms with van der Waals surface area (Å²) in [5.74, 6) is 1.31. The smallest absolute Gasteiger partial charge is 0.333 e. The summed E-state index contributed by atoms with van der Waals surface area (Å²) in [6, 6.07) is 3.76. The number of rotatable bonds is 4. The second-order valence-corrected chi connectivity index (χ2v) is 3.21. The van der Waals surface area contributed by atoms with Crippen molar-refractivity contribution < 1.29 is 13.9 Å². The van der Waals surface area contributed by atoms with Crippen LogP contribution < -0.4 is 0 Å². The Morgan fingerprint density at radius 3 is 2.73 bits per heavy atom. The second-order valence-electron chi connectivity index (χ2n) is 3.21. The van der Waals surface area contributed by atoms with Crippen LogP contribution in [0.1, 0.15) is 32.3 Å². The van der Waals surface area contributed by atoms with E-state index < -0.39 is 0 Å². The van der Waals surface area contributed by atoms with Crippen LogP contribution in [0.5, 0.6) is 0 Å². The maximum atomic E-state index is 11.3. The summed E-state index contributed by atoms with van der Waals surface area (Å²) in [6.07, 6.45) is 2.55. The van der Waals surface area contributed by atoms with Crippen LogP contribution in [0, 0.1) is 0 Å². The largest absolute Gasteiger partial charge is 0.463 e. The van der Waals surface area contributed by atoms with Crippen LogP contribution in [0.15, 0.2) is 22.1 Å². The lowest BCUT2D eigenvalue weighted by Crippen LogP contribution is -2.04. The lowest BCUT2D eigenvalue weighted by atomic mass is 10.2. The molecule has 0 spiro atoms. The minimum atomic E-state index is -0.299. The molecule has 0 saturated heterocycles. The van der Waals surface area contributed by atoms with Gasteiger partial charge in [0.05, 0.1) is 6.61 Å². The Balaban J connectivity index is 2.73. The molecule has 0 aliphatic heterocycles. The molecule has 82 valence electrons. The molecule has 1 rings (SSSR count). The van der Waals surface area contributed by atoms with Crippen molar-refractivity contribution in [3.63, 3.8) is 0 Å². The highest BCUT2D eigenvalue weighted by Gasteiger charge is 2.05. The Hall–Kier alpha value is -1.51. The van der Waals surface area contributed by atoms with Crippen molar-refractivity contribution in [1.29, 1.82) is 0 Å². The molecule has 0 aromatic carbocycles. The van der Waals surface area contributed by atoms with Gasteiger partial charge in [0.25, 0.3) is 0 Å². The van der Waals surface area contributed by atoms with Gasteiger partial charge in [0.15, 0.2) is 0 Å². The molecule has 15 heavy (non-hydrogen) atoms. The molecule has 0 unspecified atom stereocenters. The fourth-order valence-electron chi connectivity index (χ4n) is 1.18. The van der Waals surface area contributed by atoms with E-state index in [1.807, 2.05) is 19.1 Å². The molecule has 0 aliphatic carbocycles. The molecular formula is C12H16O3. The highest BCUT2D eigenvalue weighted by Crippen LogP contribution is 2.12. The average molecular weight is 208 g/mol. The first-order valence-corrected chi connectivity index (χ1v) is 5.11. The average Bonchev–Trinajstić information content (AvgIpc) is 2.66. The van der Waals surface area contributed by atoms with E-state index in [0.717, 1.165) is 12.2 Å². The number of hydrogen-bond donors (Lipinski definition) is 0. The maximum absolute atomic E-state index is 11.3. The number of hydrogen-bond acceptors (Lipinski definition) is 3. The molecule has 0 amide bonds. The monoisotopic (exact) mass is 208 g/mol. The van der Waals surface area contributed by atoms with E-state index in [2.05, 4.69) is 0 Å². The molecule has 3 heteroatoms. The van der Waals surface area contributed by atoms with Crippen molar-refractivity contribution in [2.24, 2.45) is 0 Å². The Labute approximate surface area is 89.7 Å². The number of carbonyl (C=O) groups is 1. The Morgan fingerprint density at radius 1 is 1.47 bits per heavy atom. The van der Waals surface area contributed by atoms with E-state index in [4.69, 9.17) is 9.15 Å². The summed E-state index contributed by atoms with van der Waals surface area (Å²) in [5, 5.41) is 0. The predicted octanol–water partition coefficient (Wildman–Crippen LogP) is 2.81. The zero-order chi connectivity index (χ0) is 11.3. The van der Waals surface area contributed by atoms with Gasteiger partial charge in [-0.25, -0.2) is 4.79 Å². The van der Waals surface area contributed by atoms with Gasteiger partial charge in [0, 0.05) is 12.0 Å². The van der Waals surface area contributed by atoms with E-state index in [9.17, 15) is 4.79 Å². The van der Waals surface area contributed by atoms with E-state index in [0.29, 0.717) is 17.9 Å². The van der Waals surface area contributed by atoms with Gasteiger partial charge in [-0.05, 0) is 32.1 Å². The van der Waals surface area contributed by atoms with Crippen molar-refractivity contribution in [3.05, 3.63) is 29.2 Å². The van der Waals surface area contributed by atoms with Crippen LogP contribution in [-0.2, 0) is 16.0 Å². The van der Waals surface area contributed by atoms with Crippen LogP contribution in [-0.4, -0.2) is 12.6 Å². The zero-order valence-corrected chi connectivity index (χ0v) is 9.37. The molecule has 0 bridgehead atoms. The van der Waals surface area contributed by atoms with Crippen LogP contribution in [0.2, 0.25) is 0 Å². The first kappa shape index (κ1) is 11.6. The van der Waals surface area contributed by atoms with E-state index >= 15 is 0 Å². The third-order valence-corrected chi connectivity index (χ3v) is 1.99. The molecule has 3 nitrogen and oxygen atoms in total. The maximum Gasteiger partial charge on any atom is 0.333 e. The Morgan fingerprint density at radius 2 is 2.20 bits per heavy atom. The zero-order valence-electron chi connectivity index (χ0n) is 9.37. The summed E-state index contributed by atoms with van der Waals surface area (Å²) in [6.45, 7) is 5.91. The molecule has 1 aromatic heterocycles. The van der Waals surface area contributed by atoms with Gasteiger partial charge in [-0.3, -0.25) is 0 Å². The van der Waals surface area contributed by atoms with Crippen LogP contribution >= 0.6 is 0 Å². The minimum absolute atomic E-state index is 0.299. The van der Waals surface area contributed by atoms with E-state index in [1.54, 1.807) is 19.9 Å². The third kappa shape index (κ3) is 3.27. The van der Waals surface area contributed by atoms with Crippen LogP contribution in [0.25, 0.3) is 6.08 Å². The second kappa shape index (κ2) is 5.39. The number of ether oxygens (including phenoxy) is 1. The summed E-state index contributed by atoms with van der Waals surface area (Å²) < 4.78 is 10.3. The lowest BCUT2D eigenvalue weighted by molar-refractivity contribution is -0.138. The quantitative estimate of drug-likeness (QED) is 0.564.